The van der Waals surface area contributed by atoms with Crippen LogP contribution in [0.5, 0.6) is 0 Å². The van der Waals surface area contributed by atoms with Crippen LogP contribution in [0.1, 0.15) is 5.56 Å². The molecule has 0 aliphatic heterocycles. The Hall–Kier alpha value is -2.48. The number of nitrogens with zero attached hydrogens (tertiary/aromatic N) is 1. The Balaban J connectivity index is 2.39. The second kappa shape index (κ2) is 5.49. The van der Waals surface area contributed by atoms with E-state index >= 15 is 0 Å². The number of nitro benzene ring substituents is 1. The van der Waals surface area contributed by atoms with Crippen molar-refractivity contribution >= 4 is 21.2 Å². The third kappa shape index (κ3) is 3.54. The lowest BCUT2D eigenvalue weighted by molar-refractivity contribution is -0.385. The first-order valence-corrected chi connectivity index (χ1v) is 7.45. The van der Waals surface area contributed by atoms with Gasteiger partial charge in [0.1, 0.15) is 5.82 Å². The standard InChI is InChI=1S/C13H11FN2O4S/c14-10-4-9(5-12(6-10)16(17)18)8-21(19,20)13-3-1-2-11(15)7-13/h1-7H,8,15H2. The van der Waals surface area contributed by atoms with E-state index in [1.165, 1.54) is 24.3 Å². The number of hydrogen-bond acceptors (Lipinski definition) is 5. The van der Waals surface area contributed by atoms with Crippen LogP contribution in [0.25, 0.3) is 0 Å². The van der Waals surface area contributed by atoms with Crippen molar-refractivity contribution in [3.8, 4) is 0 Å². The molecule has 21 heavy (non-hydrogen) atoms. The van der Waals surface area contributed by atoms with Gasteiger partial charge in [0, 0.05) is 11.8 Å². The quantitative estimate of drug-likeness (QED) is 0.530. The Morgan fingerprint density at radius 1 is 1.19 bits per heavy atom. The molecule has 0 atom stereocenters. The molecule has 0 bridgehead atoms. The molecule has 0 aliphatic rings. The molecule has 0 amide bonds. The minimum absolute atomic E-state index is 0.00382. The molecule has 0 aliphatic carbocycles. The number of sulfone groups is 1. The summed E-state index contributed by atoms with van der Waals surface area (Å²) in [7, 11) is -3.76. The SMILES string of the molecule is Nc1cccc(S(=O)(=O)Cc2cc(F)cc([N+](=O)[O-])c2)c1. The lowest BCUT2D eigenvalue weighted by atomic mass is 10.2. The van der Waals surface area contributed by atoms with Crippen molar-refractivity contribution < 1.29 is 17.7 Å². The molecule has 0 fully saturated rings. The number of nitro groups is 1. The van der Waals surface area contributed by atoms with Crippen LogP contribution in [0, 0.1) is 15.9 Å². The van der Waals surface area contributed by atoms with E-state index < -0.39 is 32.0 Å². The largest absolute Gasteiger partial charge is 0.399 e. The zero-order valence-corrected chi connectivity index (χ0v) is 11.5. The zero-order valence-electron chi connectivity index (χ0n) is 10.7. The molecular weight excluding hydrogens is 299 g/mol. The summed E-state index contributed by atoms with van der Waals surface area (Å²) in [5.41, 5.74) is 5.31. The summed E-state index contributed by atoms with van der Waals surface area (Å²) in [5, 5.41) is 10.7. The van der Waals surface area contributed by atoms with Gasteiger partial charge in [-0.25, -0.2) is 12.8 Å². The van der Waals surface area contributed by atoms with Gasteiger partial charge in [0.15, 0.2) is 9.84 Å². The van der Waals surface area contributed by atoms with E-state index in [0.717, 1.165) is 18.2 Å². The van der Waals surface area contributed by atoms with Crippen molar-refractivity contribution in [3.05, 3.63) is 64.0 Å². The molecule has 110 valence electrons. The maximum Gasteiger partial charge on any atom is 0.272 e. The molecule has 8 heteroatoms. The number of anilines is 1. The predicted molar refractivity (Wildman–Crippen MR) is 74.8 cm³/mol. The summed E-state index contributed by atoms with van der Waals surface area (Å²) in [4.78, 5) is 9.86. The van der Waals surface area contributed by atoms with E-state index in [0.29, 0.717) is 0 Å². The van der Waals surface area contributed by atoms with E-state index in [4.69, 9.17) is 5.73 Å². The Labute approximate surface area is 120 Å². The first-order chi connectivity index (χ1) is 9.78. The fraction of sp³-hybridized carbons (Fsp3) is 0.0769. The highest BCUT2D eigenvalue weighted by Gasteiger charge is 2.18. The Morgan fingerprint density at radius 2 is 1.90 bits per heavy atom. The lowest BCUT2D eigenvalue weighted by Gasteiger charge is -2.06. The Bertz CT molecular complexity index is 806. The van der Waals surface area contributed by atoms with Crippen molar-refractivity contribution in [2.24, 2.45) is 0 Å². The first kappa shape index (κ1) is 14.9. The van der Waals surface area contributed by atoms with Gasteiger partial charge in [0.05, 0.1) is 21.6 Å². The van der Waals surface area contributed by atoms with Gasteiger partial charge in [0.25, 0.3) is 5.69 Å². The summed E-state index contributed by atoms with van der Waals surface area (Å²) < 4.78 is 37.7. The molecule has 2 N–H and O–H groups in total. The highest BCUT2D eigenvalue weighted by atomic mass is 32.2. The number of halogens is 1. The number of nitrogens with two attached hydrogens (primary N) is 1. The third-order valence-electron chi connectivity index (χ3n) is 2.73. The second-order valence-electron chi connectivity index (χ2n) is 4.41. The van der Waals surface area contributed by atoms with E-state index in [1.54, 1.807) is 0 Å². The van der Waals surface area contributed by atoms with Crippen LogP contribution in [0.4, 0.5) is 15.8 Å². The van der Waals surface area contributed by atoms with Gasteiger partial charge in [-0.2, -0.15) is 0 Å². The van der Waals surface area contributed by atoms with Gasteiger partial charge >= 0.3 is 0 Å². The van der Waals surface area contributed by atoms with Crippen molar-refractivity contribution in [2.45, 2.75) is 10.6 Å². The molecule has 2 rings (SSSR count). The summed E-state index contributed by atoms with van der Waals surface area (Å²) in [5.74, 6) is -1.41. The monoisotopic (exact) mass is 310 g/mol. The molecule has 2 aromatic rings. The van der Waals surface area contributed by atoms with Gasteiger partial charge in [-0.15, -0.1) is 0 Å². The molecule has 0 saturated carbocycles. The normalized spacial score (nSPS) is 11.3. The second-order valence-corrected chi connectivity index (χ2v) is 6.40. The fourth-order valence-corrected chi connectivity index (χ4v) is 3.21. The summed E-state index contributed by atoms with van der Waals surface area (Å²) in [6, 6.07) is 8.38. The smallest absolute Gasteiger partial charge is 0.272 e. The van der Waals surface area contributed by atoms with Crippen molar-refractivity contribution in [3.63, 3.8) is 0 Å². The highest BCUT2D eigenvalue weighted by molar-refractivity contribution is 7.90. The van der Waals surface area contributed by atoms with Crippen molar-refractivity contribution in [2.75, 3.05) is 5.73 Å². The van der Waals surface area contributed by atoms with Crippen molar-refractivity contribution in [1.29, 1.82) is 0 Å². The van der Waals surface area contributed by atoms with Crippen LogP contribution in [-0.2, 0) is 15.6 Å². The Kier molecular flexibility index (Phi) is 3.90. The summed E-state index contributed by atoms with van der Waals surface area (Å²) >= 11 is 0. The number of benzene rings is 2. The van der Waals surface area contributed by atoms with Crippen LogP contribution in [-0.4, -0.2) is 13.3 Å². The number of non-ortho nitro benzene ring substituents is 1. The predicted octanol–water partition coefficient (Wildman–Crippen LogP) is 2.29. The first-order valence-electron chi connectivity index (χ1n) is 5.80. The summed E-state index contributed by atoms with van der Waals surface area (Å²) in [6.45, 7) is 0. The Morgan fingerprint density at radius 3 is 2.52 bits per heavy atom. The van der Waals surface area contributed by atoms with Crippen LogP contribution in [0.3, 0.4) is 0 Å². The molecular formula is C13H11FN2O4S. The van der Waals surface area contributed by atoms with Crippen LogP contribution >= 0.6 is 0 Å². The van der Waals surface area contributed by atoms with Crippen molar-refractivity contribution in [1.82, 2.24) is 0 Å². The molecule has 0 unspecified atom stereocenters. The molecule has 0 heterocycles. The molecule has 0 aromatic heterocycles. The van der Waals surface area contributed by atoms with Gasteiger partial charge in [-0.05, 0) is 29.8 Å². The number of rotatable bonds is 4. The average molecular weight is 310 g/mol. The van der Waals surface area contributed by atoms with Crippen LogP contribution < -0.4 is 5.73 Å². The average Bonchev–Trinajstić information content (AvgIpc) is 2.37. The van der Waals surface area contributed by atoms with Gasteiger partial charge < -0.3 is 5.73 Å². The minimum Gasteiger partial charge on any atom is -0.399 e. The van der Waals surface area contributed by atoms with Crippen LogP contribution in [0.2, 0.25) is 0 Å². The van der Waals surface area contributed by atoms with E-state index in [2.05, 4.69) is 0 Å². The maximum absolute atomic E-state index is 13.3. The van der Waals surface area contributed by atoms with E-state index in [1.807, 2.05) is 0 Å². The fourth-order valence-electron chi connectivity index (χ4n) is 1.83. The van der Waals surface area contributed by atoms with Gasteiger partial charge in [-0.1, -0.05) is 6.07 Å². The zero-order chi connectivity index (χ0) is 15.6. The maximum atomic E-state index is 13.3. The van der Waals surface area contributed by atoms with Crippen LogP contribution in [0.15, 0.2) is 47.4 Å². The molecule has 0 radical (unpaired) electrons. The molecule has 6 nitrogen and oxygen atoms in total. The summed E-state index contributed by atoms with van der Waals surface area (Å²) in [6.07, 6.45) is 0. The topological polar surface area (TPSA) is 103 Å². The number of nitrogen functional groups attached to an aromatic ring is 1. The van der Waals surface area contributed by atoms with E-state index in [-0.39, 0.29) is 16.1 Å². The highest BCUT2D eigenvalue weighted by Crippen LogP contribution is 2.22. The van der Waals surface area contributed by atoms with E-state index in [9.17, 15) is 22.9 Å². The minimum atomic E-state index is -3.76. The van der Waals surface area contributed by atoms with Gasteiger partial charge in [-0.3, -0.25) is 10.1 Å². The number of hydrogen-bond donors (Lipinski definition) is 1. The lowest BCUT2D eigenvalue weighted by Crippen LogP contribution is -2.06. The third-order valence-corrected chi connectivity index (χ3v) is 4.41. The van der Waals surface area contributed by atoms with Gasteiger partial charge in [0.2, 0.25) is 0 Å². The molecule has 0 spiro atoms. The molecule has 0 saturated heterocycles. The molecule has 2 aromatic carbocycles.